The molecule has 22 heavy (non-hydrogen) atoms. The molecule has 0 spiro atoms. The van der Waals surface area contributed by atoms with Crippen LogP contribution < -0.4 is 4.90 Å². The molecule has 0 saturated carbocycles. The van der Waals surface area contributed by atoms with Gasteiger partial charge in [-0.2, -0.15) is 0 Å². The quantitative estimate of drug-likeness (QED) is 0.798. The summed E-state index contributed by atoms with van der Waals surface area (Å²) in [6.45, 7) is 3.75. The fraction of sp³-hybridized carbons (Fsp3) is 0.529. The Labute approximate surface area is 131 Å². The standard InChI is InChI=1S/C17H23FN4/c1-6-11-16-21(5)14(19-3)15(20-4)22(16)13-10-8-7-9-12(13)17(11,2)18/h7-11,16H,6H2,1-5H3/b19-14+,20-15+. The van der Waals surface area contributed by atoms with Crippen molar-refractivity contribution in [3.05, 3.63) is 29.8 Å². The molecule has 1 fully saturated rings. The van der Waals surface area contributed by atoms with E-state index in [4.69, 9.17) is 0 Å². The molecule has 0 bridgehead atoms. The third kappa shape index (κ3) is 1.74. The Hall–Kier alpha value is -1.91. The summed E-state index contributed by atoms with van der Waals surface area (Å²) in [5, 5.41) is 0. The third-order valence-electron chi connectivity index (χ3n) is 5.03. The molecule has 0 aliphatic carbocycles. The van der Waals surface area contributed by atoms with Gasteiger partial charge in [-0.15, -0.1) is 0 Å². The van der Waals surface area contributed by atoms with Gasteiger partial charge in [-0.25, -0.2) is 4.39 Å². The molecule has 2 aliphatic rings. The second kappa shape index (κ2) is 5.07. The van der Waals surface area contributed by atoms with Crippen LogP contribution in [0.2, 0.25) is 0 Å². The summed E-state index contributed by atoms with van der Waals surface area (Å²) >= 11 is 0. The number of benzene rings is 1. The lowest BCUT2D eigenvalue weighted by atomic mass is 9.76. The van der Waals surface area contributed by atoms with Crippen molar-refractivity contribution in [1.82, 2.24) is 4.90 Å². The minimum absolute atomic E-state index is 0.0905. The van der Waals surface area contributed by atoms with Crippen LogP contribution in [0.3, 0.4) is 0 Å². The van der Waals surface area contributed by atoms with Crippen LogP contribution in [-0.4, -0.2) is 43.9 Å². The van der Waals surface area contributed by atoms with Crippen molar-refractivity contribution in [2.24, 2.45) is 15.9 Å². The van der Waals surface area contributed by atoms with E-state index in [0.29, 0.717) is 0 Å². The minimum Gasteiger partial charge on any atom is -0.336 e. The van der Waals surface area contributed by atoms with Gasteiger partial charge in [-0.05, 0) is 19.4 Å². The summed E-state index contributed by atoms with van der Waals surface area (Å²) in [6.07, 6.45) is 0.660. The average molecular weight is 302 g/mol. The SMILES string of the molecule is CCC1C2N(C)C(=N/C)/C(=N\C)N2c2ccccc2C1(C)F. The molecular weight excluding hydrogens is 279 g/mol. The van der Waals surface area contributed by atoms with Gasteiger partial charge in [0.2, 0.25) is 0 Å². The molecule has 0 N–H and O–H groups in total. The molecule has 4 nitrogen and oxygen atoms in total. The highest BCUT2D eigenvalue weighted by Gasteiger charge is 2.55. The highest BCUT2D eigenvalue weighted by molar-refractivity contribution is 6.47. The predicted octanol–water partition coefficient (Wildman–Crippen LogP) is 3.05. The van der Waals surface area contributed by atoms with Crippen molar-refractivity contribution in [2.75, 3.05) is 26.0 Å². The van der Waals surface area contributed by atoms with E-state index in [1.54, 1.807) is 21.0 Å². The highest BCUT2D eigenvalue weighted by Crippen LogP contribution is 2.51. The van der Waals surface area contributed by atoms with Gasteiger partial charge in [0.15, 0.2) is 11.7 Å². The topological polar surface area (TPSA) is 31.2 Å². The summed E-state index contributed by atoms with van der Waals surface area (Å²) in [7, 11) is 5.51. The molecule has 1 aromatic rings. The van der Waals surface area contributed by atoms with E-state index in [2.05, 4.69) is 19.8 Å². The summed E-state index contributed by atoms with van der Waals surface area (Å²) in [4.78, 5) is 13.0. The van der Waals surface area contributed by atoms with Crippen LogP contribution in [0.5, 0.6) is 0 Å². The maximum atomic E-state index is 15.7. The van der Waals surface area contributed by atoms with Crippen molar-refractivity contribution in [1.29, 1.82) is 0 Å². The van der Waals surface area contributed by atoms with Crippen LogP contribution in [0.1, 0.15) is 25.8 Å². The van der Waals surface area contributed by atoms with E-state index >= 15 is 4.39 Å². The molecule has 118 valence electrons. The maximum absolute atomic E-state index is 15.7. The molecule has 0 amide bonds. The lowest BCUT2D eigenvalue weighted by molar-refractivity contribution is 0.0450. The Morgan fingerprint density at radius 2 is 1.82 bits per heavy atom. The van der Waals surface area contributed by atoms with Crippen LogP contribution in [0.25, 0.3) is 0 Å². The number of para-hydroxylation sites is 1. The maximum Gasteiger partial charge on any atom is 0.172 e. The Kier molecular flexibility index (Phi) is 3.46. The molecule has 5 heteroatoms. The van der Waals surface area contributed by atoms with Crippen LogP contribution >= 0.6 is 0 Å². The second-order valence-corrected chi connectivity index (χ2v) is 6.10. The van der Waals surface area contributed by atoms with Crippen LogP contribution in [0, 0.1) is 5.92 Å². The number of hydrogen-bond acceptors (Lipinski definition) is 2. The Morgan fingerprint density at radius 3 is 2.41 bits per heavy atom. The number of alkyl halides is 1. The van der Waals surface area contributed by atoms with Crippen molar-refractivity contribution >= 4 is 17.4 Å². The van der Waals surface area contributed by atoms with E-state index in [1.165, 1.54) is 0 Å². The van der Waals surface area contributed by atoms with Crippen molar-refractivity contribution < 1.29 is 4.39 Å². The zero-order valence-corrected chi connectivity index (χ0v) is 13.8. The van der Waals surface area contributed by atoms with Crippen LogP contribution in [0.4, 0.5) is 10.1 Å². The van der Waals surface area contributed by atoms with Gasteiger partial charge in [-0.3, -0.25) is 9.98 Å². The molecule has 3 rings (SSSR count). The van der Waals surface area contributed by atoms with E-state index in [-0.39, 0.29) is 12.1 Å². The number of aliphatic imine (C=N–C) groups is 2. The van der Waals surface area contributed by atoms with Gasteiger partial charge in [0.25, 0.3) is 0 Å². The van der Waals surface area contributed by atoms with Gasteiger partial charge >= 0.3 is 0 Å². The van der Waals surface area contributed by atoms with Gasteiger partial charge in [0.05, 0.1) is 5.69 Å². The van der Waals surface area contributed by atoms with Crippen molar-refractivity contribution in [3.8, 4) is 0 Å². The van der Waals surface area contributed by atoms with Gasteiger partial charge < -0.3 is 9.80 Å². The van der Waals surface area contributed by atoms with Gasteiger partial charge in [0.1, 0.15) is 11.8 Å². The molecule has 3 atom stereocenters. The predicted molar refractivity (Wildman–Crippen MR) is 89.4 cm³/mol. The zero-order chi connectivity index (χ0) is 16.1. The van der Waals surface area contributed by atoms with Gasteiger partial charge in [0, 0.05) is 32.6 Å². The van der Waals surface area contributed by atoms with E-state index < -0.39 is 5.67 Å². The van der Waals surface area contributed by atoms with Crippen LogP contribution in [-0.2, 0) is 5.67 Å². The molecule has 2 heterocycles. The van der Waals surface area contributed by atoms with E-state index in [9.17, 15) is 0 Å². The monoisotopic (exact) mass is 302 g/mol. The number of halogens is 1. The molecular formula is C17H23FN4. The smallest absolute Gasteiger partial charge is 0.172 e. The Bertz CT molecular complexity index is 650. The number of hydrogen-bond donors (Lipinski definition) is 0. The first-order valence-corrected chi connectivity index (χ1v) is 7.73. The molecule has 3 unspecified atom stereocenters. The normalized spacial score (nSPS) is 34.3. The zero-order valence-electron chi connectivity index (χ0n) is 13.8. The number of fused-ring (bicyclic) bond motifs is 3. The highest BCUT2D eigenvalue weighted by atomic mass is 19.1. The summed E-state index contributed by atoms with van der Waals surface area (Å²) in [5.74, 6) is 1.48. The first-order chi connectivity index (χ1) is 10.5. The summed E-state index contributed by atoms with van der Waals surface area (Å²) in [5.41, 5.74) is 0.265. The minimum atomic E-state index is -1.37. The fourth-order valence-electron chi connectivity index (χ4n) is 4.03. The van der Waals surface area contributed by atoms with E-state index in [1.807, 2.05) is 38.2 Å². The largest absolute Gasteiger partial charge is 0.336 e. The Morgan fingerprint density at radius 1 is 1.18 bits per heavy atom. The van der Waals surface area contributed by atoms with Crippen molar-refractivity contribution in [3.63, 3.8) is 0 Å². The van der Waals surface area contributed by atoms with Crippen molar-refractivity contribution in [2.45, 2.75) is 32.1 Å². The number of anilines is 1. The van der Waals surface area contributed by atoms with Gasteiger partial charge in [-0.1, -0.05) is 25.1 Å². The lowest BCUT2D eigenvalue weighted by Crippen LogP contribution is -2.54. The molecule has 0 radical (unpaired) electrons. The van der Waals surface area contributed by atoms with E-state index in [0.717, 1.165) is 29.3 Å². The average Bonchev–Trinajstić information content (AvgIpc) is 2.80. The molecule has 1 aromatic carbocycles. The lowest BCUT2D eigenvalue weighted by Gasteiger charge is -2.47. The second-order valence-electron chi connectivity index (χ2n) is 6.10. The summed E-state index contributed by atoms with van der Waals surface area (Å²) < 4.78 is 15.7. The number of likely N-dealkylation sites (N-methyl/N-ethyl adjacent to an activating group) is 1. The number of amidine groups is 2. The number of rotatable bonds is 1. The Balaban J connectivity index is 2.29. The first kappa shape index (κ1) is 15.0. The number of nitrogens with zero attached hydrogens (tertiary/aromatic N) is 4. The van der Waals surface area contributed by atoms with Crippen LogP contribution in [0.15, 0.2) is 34.3 Å². The molecule has 2 aliphatic heterocycles. The first-order valence-electron chi connectivity index (χ1n) is 7.73. The summed E-state index contributed by atoms with van der Waals surface area (Å²) in [6, 6.07) is 7.72. The molecule has 1 saturated heterocycles. The third-order valence-corrected chi connectivity index (χ3v) is 5.03. The molecule has 0 aromatic heterocycles. The fourth-order valence-corrected chi connectivity index (χ4v) is 4.03.